The first-order chi connectivity index (χ1) is 14.7. The number of unbranched alkanes of at least 4 members (excludes halogenated alkanes) is 1. The standard InChI is InChI=1S/C23H27N3O4/c1-28-16-10-11-18-20(12-16)26-22(30-17-13-21(24-14-17)23(27)29-2)19(25-18)7-5-3-4-6-15-8-9-15/h10-12,15,17,21,24H,3-4,6,8-9,13-14H2,1-2H3. The van der Waals surface area contributed by atoms with Crippen LogP contribution in [0.5, 0.6) is 11.6 Å². The van der Waals surface area contributed by atoms with E-state index < -0.39 is 0 Å². The van der Waals surface area contributed by atoms with Crippen LogP contribution in [-0.4, -0.2) is 48.8 Å². The highest BCUT2D eigenvalue weighted by atomic mass is 16.5. The van der Waals surface area contributed by atoms with E-state index in [0.717, 1.165) is 24.3 Å². The number of ether oxygens (including phenoxy) is 3. The molecule has 1 aliphatic carbocycles. The van der Waals surface area contributed by atoms with Crippen LogP contribution in [0.1, 0.15) is 44.2 Å². The number of nitrogens with one attached hydrogen (secondary N) is 1. The van der Waals surface area contributed by atoms with Crippen molar-refractivity contribution in [3.05, 3.63) is 23.9 Å². The van der Waals surface area contributed by atoms with Crippen LogP contribution in [-0.2, 0) is 9.53 Å². The van der Waals surface area contributed by atoms with E-state index in [0.29, 0.717) is 35.8 Å². The largest absolute Gasteiger partial charge is 0.497 e. The molecule has 158 valence electrons. The molecule has 1 saturated carbocycles. The van der Waals surface area contributed by atoms with Gasteiger partial charge >= 0.3 is 5.97 Å². The lowest BCUT2D eigenvalue weighted by Gasteiger charge is -2.14. The summed E-state index contributed by atoms with van der Waals surface area (Å²) in [6.45, 7) is 0.534. The highest BCUT2D eigenvalue weighted by Gasteiger charge is 2.32. The van der Waals surface area contributed by atoms with Crippen molar-refractivity contribution in [2.75, 3.05) is 20.8 Å². The predicted octanol–water partition coefficient (Wildman–Crippen LogP) is 2.85. The van der Waals surface area contributed by atoms with Gasteiger partial charge in [-0.1, -0.05) is 18.8 Å². The van der Waals surface area contributed by atoms with Crippen LogP contribution in [0.15, 0.2) is 18.2 Å². The van der Waals surface area contributed by atoms with Gasteiger partial charge in [-0.15, -0.1) is 0 Å². The molecule has 30 heavy (non-hydrogen) atoms. The Morgan fingerprint density at radius 2 is 2.10 bits per heavy atom. The van der Waals surface area contributed by atoms with Gasteiger partial charge in [0, 0.05) is 25.5 Å². The number of benzene rings is 1. The molecular weight excluding hydrogens is 382 g/mol. The van der Waals surface area contributed by atoms with Crippen molar-refractivity contribution in [3.63, 3.8) is 0 Å². The van der Waals surface area contributed by atoms with Gasteiger partial charge in [0.25, 0.3) is 0 Å². The molecule has 2 atom stereocenters. The number of rotatable bonds is 7. The molecule has 4 rings (SSSR count). The maximum Gasteiger partial charge on any atom is 0.323 e. The first-order valence-corrected chi connectivity index (χ1v) is 10.5. The molecule has 2 aliphatic rings. The van der Waals surface area contributed by atoms with Crippen molar-refractivity contribution in [2.45, 2.75) is 50.7 Å². The summed E-state index contributed by atoms with van der Waals surface area (Å²) in [6.07, 6.45) is 6.25. The quantitative estimate of drug-likeness (QED) is 0.428. The summed E-state index contributed by atoms with van der Waals surface area (Å²) in [7, 11) is 3.00. The van der Waals surface area contributed by atoms with Gasteiger partial charge in [0.05, 0.1) is 25.3 Å². The molecule has 1 aliphatic heterocycles. The number of hydrogen-bond acceptors (Lipinski definition) is 7. The summed E-state index contributed by atoms with van der Waals surface area (Å²) in [5.41, 5.74) is 1.95. The summed E-state index contributed by atoms with van der Waals surface area (Å²) in [5.74, 6) is 8.11. The lowest BCUT2D eigenvalue weighted by Crippen LogP contribution is -2.31. The zero-order valence-electron chi connectivity index (χ0n) is 17.4. The second kappa shape index (κ2) is 9.31. The van der Waals surface area contributed by atoms with Gasteiger partial charge in [0.15, 0.2) is 5.69 Å². The van der Waals surface area contributed by atoms with Gasteiger partial charge in [0.1, 0.15) is 17.9 Å². The predicted molar refractivity (Wildman–Crippen MR) is 112 cm³/mol. The van der Waals surface area contributed by atoms with Crippen LogP contribution in [0.4, 0.5) is 0 Å². The van der Waals surface area contributed by atoms with Crippen molar-refractivity contribution in [1.82, 2.24) is 15.3 Å². The number of fused-ring (bicyclic) bond motifs is 1. The van der Waals surface area contributed by atoms with Crippen molar-refractivity contribution in [2.24, 2.45) is 5.92 Å². The van der Waals surface area contributed by atoms with Gasteiger partial charge < -0.3 is 19.5 Å². The molecule has 7 heteroatoms. The maximum absolute atomic E-state index is 11.8. The summed E-state index contributed by atoms with van der Waals surface area (Å²) in [5, 5.41) is 3.13. The third kappa shape index (κ3) is 5.00. The van der Waals surface area contributed by atoms with Crippen molar-refractivity contribution in [1.29, 1.82) is 0 Å². The lowest BCUT2D eigenvalue weighted by atomic mass is 10.2. The lowest BCUT2D eigenvalue weighted by molar-refractivity contribution is -0.142. The van der Waals surface area contributed by atoms with Crippen LogP contribution in [0.3, 0.4) is 0 Å². The molecule has 2 aromatic rings. The van der Waals surface area contributed by atoms with Gasteiger partial charge in [-0.25, -0.2) is 9.97 Å². The fraction of sp³-hybridized carbons (Fsp3) is 0.522. The van der Waals surface area contributed by atoms with E-state index in [2.05, 4.69) is 27.1 Å². The third-order valence-corrected chi connectivity index (χ3v) is 5.51. The summed E-state index contributed by atoms with van der Waals surface area (Å²) in [4.78, 5) is 21.1. The first kappa shape index (κ1) is 20.4. The Hall–Kier alpha value is -2.85. The summed E-state index contributed by atoms with van der Waals surface area (Å²) < 4.78 is 16.2. The molecule has 1 saturated heterocycles. The van der Waals surface area contributed by atoms with Crippen LogP contribution in [0.2, 0.25) is 0 Å². The number of methoxy groups -OCH3 is 2. The van der Waals surface area contributed by atoms with E-state index in [4.69, 9.17) is 14.2 Å². The van der Waals surface area contributed by atoms with Gasteiger partial charge in [-0.2, -0.15) is 0 Å². The number of carbonyl (C=O) groups is 1. The SMILES string of the molecule is COC(=O)C1CC(Oc2nc3cc(OC)ccc3nc2C#CCCCC2CC2)CN1. The maximum atomic E-state index is 11.8. The van der Waals surface area contributed by atoms with E-state index in [1.54, 1.807) is 7.11 Å². The summed E-state index contributed by atoms with van der Waals surface area (Å²) in [6, 6.07) is 5.18. The molecule has 1 aromatic heterocycles. The zero-order valence-corrected chi connectivity index (χ0v) is 17.4. The average molecular weight is 409 g/mol. The van der Waals surface area contributed by atoms with Gasteiger partial charge in [0.2, 0.25) is 5.88 Å². The molecule has 0 bridgehead atoms. The third-order valence-electron chi connectivity index (χ3n) is 5.51. The van der Waals surface area contributed by atoms with Crippen molar-refractivity contribution >= 4 is 17.0 Å². The van der Waals surface area contributed by atoms with Crippen LogP contribution in [0.25, 0.3) is 11.0 Å². The number of nitrogens with zero attached hydrogens (tertiary/aromatic N) is 2. The van der Waals surface area contributed by atoms with Crippen LogP contribution < -0.4 is 14.8 Å². The topological polar surface area (TPSA) is 82.6 Å². The minimum atomic E-state index is -0.370. The molecule has 2 heterocycles. The fourth-order valence-electron chi connectivity index (χ4n) is 3.61. The Morgan fingerprint density at radius 1 is 1.23 bits per heavy atom. The molecule has 0 amide bonds. The Labute approximate surface area is 176 Å². The average Bonchev–Trinajstić information content (AvgIpc) is 3.48. The van der Waals surface area contributed by atoms with Gasteiger partial charge in [-0.3, -0.25) is 4.79 Å². The van der Waals surface area contributed by atoms with Crippen LogP contribution >= 0.6 is 0 Å². The van der Waals surface area contributed by atoms with Crippen molar-refractivity contribution in [3.8, 4) is 23.5 Å². The molecule has 2 unspecified atom stereocenters. The smallest absolute Gasteiger partial charge is 0.323 e. The Morgan fingerprint density at radius 3 is 2.87 bits per heavy atom. The van der Waals surface area contributed by atoms with E-state index in [1.165, 1.54) is 26.4 Å². The number of carbonyl (C=O) groups excluding carboxylic acids is 1. The van der Waals surface area contributed by atoms with E-state index in [9.17, 15) is 4.79 Å². The Bertz CT molecular complexity index is 978. The van der Waals surface area contributed by atoms with Crippen LogP contribution in [0, 0.1) is 17.8 Å². The molecule has 0 radical (unpaired) electrons. The van der Waals surface area contributed by atoms with Gasteiger partial charge in [-0.05, 0) is 36.8 Å². The monoisotopic (exact) mass is 409 g/mol. The highest BCUT2D eigenvalue weighted by molar-refractivity contribution is 5.77. The zero-order chi connectivity index (χ0) is 20.9. The van der Waals surface area contributed by atoms with E-state index >= 15 is 0 Å². The fourth-order valence-corrected chi connectivity index (χ4v) is 3.61. The Kier molecular flexibility index (Phi) is 6.34. The summed E-state index contributed by atoms with van der Waals surface area (Å²) >= 11 is 0. The number of aromatic nitrogens is 2. The van der Waals surface area contributed by atoms with E-state index in [1.807, 2.05) is 18.2 Å². The molecule has 2 fully saturated rings. The molecule has 1 aromatic carbocycles. The number of hydrogen-bond donors (Lipinski definition) is 1. The minimum absolute atomic E-state index is 0.207. The molecule has 7 nitrogen and oxygen atoms in total. The van der Waals surface area contributed by atoms with E-state index in [-0.39, 0.29) is 18.1 Å². The highest BCUT2D eigenvalue weighted by Crippen LogP contribution is 2.33. The Balaban J connectivity index is 1.54. The first-order valence-electron chi connectivity index (χ1n) is 10.5. The second-order valence-corrected chi connectivity index (χ2v) is 7.83. The second-order valence-electron chi connectivity index (χ2n) is 7.83. The van der Waals surface area contributed by atoms with Crippen molar-refractivity contribution < 1.29 is 19.0 Å². The normalized spacial score (nSPS) is 20.5. The molecular formula is C23H27N3O4. The number of esters is 1. The minimum Gasteiger partial charge on any atom is -0.497 e. The molecule has 0 spiro atoms. The molecule has 1 N–H and O–H groups in total.